The van der Waals surface area contributed by atoms with Crippen LogP contribution in [0.5, 0.6) is 0 Å². The van der Waals surface area contributed by atoms with Crippen molar-refractivity contribution in [1.29, 1.82) is 0 Å². The second-order valence-electron chi connectivity index (χ2n) is 8.42. The maximum Gasteiger partial charge on any atom is 0.236 e. The van der Waals surface area contributed by atoms with Crippen LogP contribution in [0.1, 0.15) is 49.7 Å². The lowest BCUT2D eigenvalue weighted by atomic mass is 9.93. The van der Waals surface area contributed by atoms with E-state index in [1.807, 2.05) is 41.2 Å². The van der Waals surface area contributed by atoms with Crippen LogP contribution in [0.4, 0.5) is 5.82 Å². The standard InChI is InChI=1S/C22H29N7O2S/c1-17(2)32(30,31)26-22-8-5-7-21(24-22)18-9-12-28(13-10-18)14-20-16-29(27-25-20)15-19-6-3-4-11-23-19/h3-8,11,16-18H,9-10,12-15H2,1-2H3,(H,24,26). The smallest absolute Gasteiger partial charge is 0.236 e. The van der Waals surface area contributed by atoms with Gasteiger partial charge in [0, 0.05) is 24.4 Å². The van der Waals surface area contributed by atoms with E-state index in [1.54, 1.807) is 26.1 Å². The average Bonchev–Trinajstić information content (AvgIpc) is 3.21. The highest BCUT2D eigenvalue weighted by atomic mass is 32.2. The summed E-state index contributed by atoms with van der Waals surface area (Å²) in [5.74, 6) is 0.706. The first-order valence-electron chi connectivity index (χ1n) is 10.9. The van der Waals surface area contributed by atoms with Gasteiger partial charge < -0.3 is 0 Å². The highest BCUT2D eigenvalue weighted by molar-refractivity contribution is 7.93. The van der Waals surface area contributed by atoms with Crippen molar-refractivity contribution in [3.8, 4) is 0 Å². The van der Waals surface area contributed by atoms with Crippen molar-refractivity contribution in [2.24, 2.45) is 0 Å². The Hall–Kier alpha value is -2.85. The minimum absolute atomic E-state index is 0.314. The number of piperidine rings is 1. The molecule has 0 unspecified atom stereocenters. The fourth-order valence-electron chi connectivity index (χ4n) is 3.76. The van der Waals surface area contributed by atoms with Crippen LogP contribution in [-0.2, 0) is 23.1 Å². The summed E-state index contributed by atoms with van der Waals surface area (Å²) in [4.78, 5) is 11.3. The van der Waals surface area contributed by atoms with E-state index in [2.05, 4.69) is 29.9 Å². The predicted octanol–water partition coefficient (Wildman–Crippen LogP) is 2.65. The molecule has 1 fully saturated rings. The Morgan fingerprint density at radius 3 is 2.59 bits per heavy atom. The SMILES string of the molecule is CC(C)S(=O)(=O)Nc1cccc(C2CCN(Cc3cn(Cc4ccccn4)nn3)CC2)n1. The Morgan fingerprint density at radius 1 is 1.06 bits per heavy atom. The third-order valence-corrected chi connectivity index (χ3v) is 7.40. The average molecular weight is 456 g/mol. The lowest BCUT2D eigenvalue weighted by Crippen LogP contribution is -2.33. The number of rotatable bonds is 8. The summed E-state index contributed by atoms with van der Waals surface area (Å²) in [6, 6.07) is 11.4. The van der Waals surface area contributed by atoms with E-state index in [4.69, 9.17) is 0 Å². The van der Waals surface area contributed by atoms with Gasteiger partial charge in [0.25, 0.3) is 0 Å². The molecule has 4 rings (SSSR count). The van der Waals surface area contributed by atoms with E-state index >= 15 is 0 Å². The van der Waals surface area contributed by atoms with Crippen LogP contribution >= 0.6 is 0 Å². The number of aromatic nitrogens is 5. The fourth-order valence-corrected chi connectivity index (χ4v) is 4.40. The van der Waals surface area contributed by atoms with E-state index in [-0.39, 0.29) is 0 Å². The molecule has 10 heteroatoms. The zero-order valence-corrected chi connectivity index (χ0v) is 19.2. The number of anilines is 1. The van der Waals surface area contributed by atoms with Crippen LogP contribution in [0.3, 0.4) is 0 Å². The fraction of sp³-hybridized carbons (Fsp3) is 0.455. The van der Waals surface area contributed by atoms with Gasteiger partial charge in [-0.1, -0.05) is 17.3 Å². The number of nitrogens with one attached hydrogen (secondary N) is 1. The molecule has 0 amide bonds. The van der Waals surface area contributed by atoms with Crippen molar-refractivity contribution in [3.63, 3.8) is 0 Å². The highest BCUT2D eigenvalue weighted by Crippen LogP contribution is 2.28. The topological polar surface area (TPSA) is 106 Å². The maximum atomic E-state index is 12.1. The lowest BCUT2D eigenvalue weighted by molar-refractivity contribution is 0.201. The zero-order valence-electron chi connectivity index (χ0n) is 18.4. The Bertz CT molecular complexity index is 1120. The van der Waals surface area contributed by atoms with Crippen LogP contribution in [0.15, 0.2) is 48.8 Å². The van der Waals surface area contributed by atoms with Crippen molar-refractivity contribution in [3.05, 3.63) is 65.9 Å². The molecule has 3 aromatic heterocycles. The van der Waals surface area contributed by atoms with Gasteiger partial charge in [0.2, 0.25) is 10.0 Å². The van der Waals surface area contributed by atoms with Crippen molar-refractivity contribution in [1.82, 2.24) is 29.9 Å². The molecular weight excluding hydrogens is 426 g/mol. The molecule has 9 nitrogen and oxygen atoms in total. The van der Waals surface area contributed by atoms with Gasteiger partial charge >= 0.3 is 0 Å². The first-order chi connectivity index (χ1) is 15.4. The number of hydrogen-bond acceptors (Lipinski definition) is 7. The molecule has 1 aliphatic heterocycles. The van der Waals surface area contributed by atoms with E-state index in [1.165, 1.54) is 0 Å². The molecule has 0 aromatic carbocycles. The zero-order chi connectivity index (χ0) is 22.6. The molecule has 0 spiro atoms. The van der Waals surface area contributed by atoms with Crippen LogP contribution in [0.25, 0.3) is 0 Å². The molecule has 0 aliphatic carbocycles. The third kappa shape index (κ3) is 5.68. The van der Waals surface area contributed by atoms with Gasteiger partial charge in [0.05, 0.1) is 29.4 Å². The maximum absolute atomic E-state index is 12.1. The van der Waals surface area contributed by atoms with Gasteiger partial charge in [-0.3, -0.25) is 14.6 Å². The molecule has 1 N–H and O–H groups in total. The van der Waals surface area contributed by atoms with E-state index < -0.39 is 15.3 Å². The Balaban J connectivity index is 1.31. The van der Waals surface area contributed by atoms with Crippen molar-refractivity contribution >= 4 is 15.8 Å². The minimum atomic E-state index is -3.40. The van der Waals surface area contributed by atoms with E-state index in [0.29, 0.717) is 18.3 Å². The number of hydrogen-bond donors (Lipinski definition) is 1. The van der Waals surface area contributed by atoms with Gasteiger partial charge in [-0.15, -0.1) is 5.10 Å². The van der Waals surface area contributed by atoms with Gasteiger partial charge in [0.1, 0.15) is 5.82 Å². The quantitative estimate of drug-likeness (QED) is 0.556. The highest BCUT2D eigenvalue weighted by Gasteiger charge is 2.23. The number of pyridine rings is 2. The molecular formula is C22H29N7O2S. The van der Waals surface area contributed by atoms with Gasteiger partial charge in [-0.25, -0.2) is 18.1 Å². The number of sulfonamides is 1. The van der Waals surface area contributed by atoms with Crippen LogP contribution in [-0.4, -0.2) is 56.6 Å². The molecule has 1 saturated heterocycles. The van der Waals surface area contributed by atoms with Gasteiger partial charge in [-0.2, -0.15) is 0 Å². The van der Waals surface area contributed by atoms with E-state index in [0.717, 1.165) is 49.6 Å². The molecule has 32 heavy (non-hydrogen) atoms. The van der Waals surface area contributed by atoms with Crippen LogP contribution in [0.2, 0.25) is 0 Å². The lowest BCUT2D eigenvalue weighted by Gasteiger charge is -2.31. The summed E-state index contributed by atoms with van der Waals surface area (Å²) in [6.45, 7) is 6.54. The molecule has 1 aliphatic rings. The molecule has 0 saturated carbocycles. The Kier molecular flexibility index (Phi) is 6.80. The van der Waals surface area contributed by atoms with Gasteiger partial charge in [-0.05, 0) is 64.0 Å². The van der Waals surface area contributed by atoms with Crippen LogP contribution in [0, 0.1) is 0 Å². The largest absolute Gasteiger partial charge is 0.297 e. The molecule has 0 radical (unpaired) electrons. The monoisotopic (exact) mass is 455 g/mol. The molecule has 4 heterocycles. The van der Waals surface area contributed by atoms with E-state index in [9.17, 15) is 8.42 Å². The second-order valence-corrected chi connectivity index (χ2v) is 10.7. The molecule has 0 atom stereocenters. The summed E-state index contributed by atoms with van der Waals surface area (Å²) in [6.07, 6.45) is 5.69. The van der Waals surface area contributed by atoms with Crippen molar-refractivity contribution in [2.75, 3.05) is 17.8 Å². The minimum Gasteiger partial charge on any atom is -0.297 e. The van der Waals surface area contributed by atoms with Crippen LogP contribution < -0.4 is 4.72 Å². The summed E-state index contributed by atoms with van der Waals surface area (Å²) in [5, 5.41) is 8.03. The normalized spacial score (nSPS) is 15.8. The predicted molar refractivity (Wildman–Crippen MR) is 123 cm³/mol. The summed E-state index contributed by atoms with van der Waals surface area (Å²) in [7, 11) is -3.40. The summed E-state index contributed by atoms with van der Waals surface area (Å²) >= 11 is 0. The molecule has 0 bridgehead atoms. The molecule has 170 valence electrons. The summed E-state index contributed by atoms with van der Waals surface area (Å²) in [5.41, 5.74) is 2.84. The third-order valence-electron chi connectivity index (χ3n) is 5.67. The number of nitrogens with zero attached hydrogens (tertiary/aromatic N) is 6. The number of likely N-dealkylation sites (tertiary alicyclic amines) is 1. The first-order valence-corrected chi connectivity index (χ1v) is 12.4. The second kappa shape index (κ2) is 9.74. The van der Waals surface area contributed by atoms with Crippen molar-refractivity contribution in [2.45, 2.75) is 50.9 Å². The Morgan fingerprint density at radius 2 is 1.88 bits per heavy atom. The Labute approximate surface area is 188 Å². The summed E-state index contributed by atoms with van der Waals surface area (Å²) < 4.78 is 28.7. The van der Waals surface area contributed by atoms with Gasteiger partial charge in [0.15, 0.2) is 0 Å². The van der Waals surface area contributed by atoms with Crippen molar-refractivity contribution < 1.29 is 8.42 Å². The first kappa shape index (κ1) is 22.3. The molecule has 3 aromatic rings.